The predicted molar refractivity (Wildman–Crippen MR) is 164 cm³/mol. The molecule has 1 fully saturated rings. The molecule has 2 aliphatic rings. The molecule has 0 aliphatic carbocycles. The highest BCUT2D eigenvalue weighted by molar-refractivity contribution is 8.01. The second-order valence-corrected chi connectivity index (χ2v) is 16.4. The van der Waals surface area contributed by atoms with Crippen LogP contribution in [0.1, 0.15) is 56.3 Å². The molecule has 0 unspecified atom stereocenters. The van der Waals surface area contributed by atoms with Gasteiger partial charge in [-0.3, -0.25) is 14.5 Å². The molecule has 2 atom stereocenters. The van der Waals surface area contributed by atoms with Gasteiger partial charge in [0, 0.05) is 21.3 Å². The van der Waals surface area contributed by atoms with Gasteiger partial charge in [-0.15, -0.1) is 33.3 Å². The lowest BCUT2D eigenvalue weighted by Crippen LogP contribution is -2.70. The summed E-state index contributed by atoms with van der Waals surface area (Å²) in [6.45, 7) is 12.9. The van der Waals surface area contributed by atoms with E-state index >= 15 is 0 Å². The highest BCUT2D eigenvalue weighted by Gasteiger charge is 2.54. The molecule has 0 spiro atoms. The van der Waals surface area contributed by atoms with Gasteiger partial charge in [0.1, 0.15) is 33.3 Å². The van der Waals surface area contributed by atoms with Crippen molar-refractivity contribution in [3.8, 4) is 0 Å². The molecular formula is C27H35N5O6S4. The highest BCUT2D eigenvalue weighted by Crippen LogP contribution is 2.42. The fourth-order valence-corrected chi connectivity index (χ4v) is 8.32. The summed E-state index contributed by atoms with van der Waals surface area (Å²) in [5.41, 5.74) is -0.287. The van der Waals surface area contributed by atoms with Gasteiger partial charge in [0.05, 0.1) is 13.0 Å². The number of ether oxygens (including phenoxy) is 2. The lowest BCUT2D eigenvalue weighted by atomic mass is 10.0. The van der Waals surface area contributed by atoms with E-state index in [1.54, 1.807) is 41.5 Å². The minimum atomic E-state index is -0.742. The summed E-state index contributed by atoms with van der Waals surface area (Å²) >= 11 is 5.85. The van der Waals surface area contributed by atoms with Gasteiger partial charge in [0.2, 0.25) is 5.91 Å². The molecule has 11 nitrogen and oxygen atoms in total. The number of fused-ring (bicyclic) bond motifs is 1. The first kappa shape index (κ1) is 32.3. The van der Waals surface area contributed by atoms with Gasteiger partial charge < -0.3 is 20.1 Å². The smallest absolute Gasteiger partial charge is 0.407 e. The Morgan fingerprint density at radius 1 is 1.05 bits per heavy atom. The summed E-state index contributed by atoms with van der Waals surface area (Å²) in [6.07, 6.45) is -0.416. The topological polar surface area (TPSA) is 140 Å². The van der Waals surface area contributed by atoms with E-state index < -0.39 is 34.7 Å². The number of hydrogen-bond donors (Lipinski definition) is 2. The number of thioether (sulfide) groups is 2. The Bertz CT molecular complexity index is 1390. The van der Waals surface area contributed by atoms with Crippen LogP contribution < -0.4 is 10.6 Å². The van der Waals surface area contributed by atoms with Crippen LogP contribution in [0.2, 0.25) is 0 Å². The average molecular weight is 654 g/mol. The van der Waals surface area contributed by atoms with Gasteiger partial charge in [-0.1, -0.05) is 23.1 Å². The SMILES string of the molecule is Cc1nnc(SCC2=C(C(=O)OC(C)(C)C)N3C(=O)[C@@H](NC(=O)Cc4ccc(CNC(=O)OC(C)(C)C)s4)[C@H]3SC2)s1. The Morgan fingerprint density at radius 2 is 1.74 bits per heavy atom. The Hall–Kier alpha value is -2.62. The summed E-state index contributed by atoms with van der Waals surface area (Å²) < 4.78 is 11.7. The average Bonchev–Trinajstić information content (AvgIpc) is 3.50. The van der Waals surface area contributed by atoms with Crippen molar-refractivity contribution in [2.24, 2.45) is 0 Å². The monoisotopic (exact) mass is 653 g/mol. The lowest BCUT2D eigenvalue weighted by molar-refractivity contribution is -0.159. The first-order chi connectivity index (χ1) is 19.6. The third-order valence-corrected chi connectivity index (χ3v) is 10.2. The lowest BCUT2D eigenvalue weighted by Gasteiger charge is -2.50. The maximum absolute atomic E-state index is 13.3. The van der Waals surface area contributed by atoms with E-state index in [9.17, 15) is 19.2 Å². The molecule has 0 saturated carbocycles. The van der Waals surface area contributed by atoms with Crippen LogP contribution in [0.15, 0.2) is 27.7 Å². The zero-order valence-electron chi connectivity index (χ0n) is 24.6. The number of hydrogen-bond acceptors (Lipinski definition) is 12. The fourth-order valence-electron chi connectivity index (χ4n) is 4.06. The summed E-state index contributed by atoms with van der Waals surface area (Å²) in [7, 11) is 0. The molecular weight excluding hydrogens is 619 g/mol. The number of nitrogens with zero attached hydrogens (tertiary/aromatic N) is 3. The van der Waals surface area contributed by atoms with Gasteiger partial charge in [-0.05, 0) is 66.2 Å². The van der Waals surface area contributed by atoms with Gasteiger partial charge >= 0.3 is 12.1 Å². The predicted octanol–water partition coefficient (Wildman–Crippen LogP) is 4.26. The third kappa shape index (κ3) is 8.48. The first-order valence-electron chi connectivity index (χ1n) is 13.3. The number of carbonyl (C=O) groups excluding carboxylic acids is 4. The number of esters is 1. The van der Waals surface area contributed by atoms with Crippen LogP contribution in [0.4, 0.5) is 4.79 Å². The standard InChI is InChI=1S/C27H35N5O6S4/c1-14-30-31-25(41-14)40-13-15-12-39-22-19(21(34)32(22)20(15)23(35)37-26(2,3)4)29-18(33)10-16-8-9-17(42-16)11-28-24(36)38-27(5,6)7/h8-9,19,22H,10-13H2,1-7H3,(H,28,36)(H,29,33)/t19-,22-/m1/s1. The number of aryl methyl sites for hydroxylation is 1. The maximum Gasteiger partial charge on any atom is 0.407 e. The van der Waals surface area contributed by atoms with E-state index in [4.69, 9.17) is 9.47 Å². The molecule has 3 amide bonds. The molecule has 2 aromatic heterocycles. The number of rotatable bonds is 9. The molecule has 0 bridgehead atoms. The number of aromatic nitrogens is 2. The quantitative estimate of drug-likeness (QED) is 0.229. The van der Waals surface area contributed by atoms with Gasteiger partial charge in [0.25, 0.3) is 5.91 Å². The van der Waals surface area contributed by atoms with E-state index in [1.165, 1.54) is 51.1 Å². The zero-order valence-corrected chi connectivity index (χ0v) is 27.8. The molecule has 0 aromatic carbocycles. The molecule has 2 N–H and O–H groups in total. The number of β-lactam (4-membered cyclic amide) rings is 1. The van der Waals surface area contributed by atoms with Crippen molar-refractivity contribution in [2.45, 2.75) is 88.4 Å². The van der Waals surface area contributed by atoms with Crippen molar-refractivity contribution in [1.29, 1.82) is 0 Å². The van der Waals surface area contributed by atoms with Crippen LogP contribution in [0.25, 0.3) is 0 Å². The van der Waals surface area contributed by atoms with Crippen LogP contribution in [-0.4, -0.2) is 73.1 Å². The minimum absolute atomic E-state index is 0.0934. The van der Waals surface area contributed by atoms with E-state index in [1.807, 2.05) is 19.1 Å². The number of nitrogens with one attached hydrogen (secondary N) is 2. The van der Waals surface area contributed by atoms with Crippen molar-refractivity contribution in [2.75, 3.05) is 11.5 Å². The van der Waals surface area contributed by atoms with Crippen LogP contribution in [0, 0.1) is 6.92 Å². The van der Waals surface area contributed by atoms with Crippen LogP contribution in [0.5, 0.6) is 0 Å². The van der Waals surface area contributed by atoms with E-state index in [0.29, 0.717) is 11.5 Å². The molecule has 4 heterocycles. The van der Waals surface area contributed by atoms with E-state index in [2.05, 4.69) is 20.8 Å². The zero-order chi connectivity index (χ0) is 30.8. The second kappa shape index (κ2) is 12.9. The summed E-state index contributed by atoms with van der Waals surface area (Å²) in [6, 6.07) is 2.93. The van der Waals surface area contributed by atoms with Crippen molar-refractivity contribution in [3.05, 3.63) is 38.2 Å². The highest BCUT2D eigenvalue weighted by atomic mass is 32.2. The van der Waals surface area contributed by atoms with Crippen LogP contribution in [-0.2, 0) is 36.8 Å². The van der Waals surface area contributed by atoms with E-state index in [0.717, 1.165) is 24.7 Å². The van der Waals surface area contributed by atoms with Crippen molar-refractivity contribution in [1.82, 2.24) is 25.7 Å². The van der Waals surface area contributed by atoms with Crippen LogP contribution in [0.3, 0.4) is 0 Å². The largest absolute Gasteiger partial charge is 0.455 e. The second-order valence-electron chi connectivity index (χ2n) is 11.7. The normalized spacial score (nSPS) is 18.7. The molecule has 228 valence electrons. The Labute approximate surface area is 261 Å². The van der Waals surface area contributed by atoms with E-state index in [-0.39, 0.29) is 30.5 Å². The minimum Gasteiger partial charge on any atom is -0.455 e. The van der Waals surface area contributed by atoms with Gasteiger partial charge in [0.15, 0.2) is 4.34 Å². The Balaban J connectivity index is 1.37. The Kier molecular flexibility index (Phi) is 9.95. The molecule has 2 aliphatic heterocycles. The molecule has 42 heavy (non-hydrogen) atoms. The summed E-state index contributed by atoms with van der Waals surface area (Å²) in [5, 5.41) is 14.2. The number of carbonyl (C=O) groups is 4. The molecule has 4 rings (SSSR count). The third-order valence-electron chi connectivity index (χ3n) is 5.69. The van der Waals surface area contributed by atoms with Gasteiger partial charge in [-0.2, -0.15) is 0 Å². The summed E-state index contributed by atoms with van der Waals surface area (Å²) in [5.74, 6) is -0.213. The molecule has 0 radical (unpaired) electrons. The first-order valence-corrected chi connectivity index (χ1v) is 16.9. The van der Waals surface area contributed by atoms with Crippen molar-refractivity contribution < 1.29 is 28.7 Å². The molecule has 15 heteroatoms. The fraction of sp³-hybridized carbons (Fsp3) is 0.556. The van der Waals surface area contributed by atoms with Gasteiger partial charge in [-0.25, -0.2) is 9.59 Å². The summed E-state index contributed by atoms with van der Waals surface area (Å²) in [4.78, 5) is 54.5. The number of thiophene rings is 1. The Morgan fingerprint density at radius 3 is 2.38 bits per heavy atom. The molecule has 2 aromatic rings. The van der Waals surface area contributed by atoms with Crippen LogP contribution >= 0.6 is 46.2 Å². The maximum atomic E-state index is 13.3. The number of alkyl carbamates (subject to hydrolysis) is 1. The number of amides is 3. The van der Waals surface area contributed by atoms with Crippen molar-refractivity contribution in [3.63, 3.8) is 0 Å². The van der Waals surface area contributed by atoms with Crippen molar-refractivity contribution >= 4 is 70.1 Å². The molecule has 1 saturated heterocycles.